The predicted molar refractivity (Wildman–Crippen MR) is 268 cm³/mol. The summed E-state index contributed by atoms with van der Waals surface area (Å²) < 4.78 is 22.7. The lowest BCUT2D eigenvalue weighted by Crippen LogP contribution is -2.65. The number of allylic oxidation sites excluding steroid dienone is 3. The average Bonchev–Trinajstić information content (AvgIpc) is 3.34. The van der Waals surface area contributed by atoms with Gasteiger partial charge in [-0.25, -0.2) is 0 Å². The van der Waals surface area contributed by atoms with Crippen LogP contribution < -0.4 is 5.32 Å². The Bertz CT molecular complexity index is 1240. The largest absolute Gasteiger partial charge is 0.394 e. The van der Waals surface area contributed by atoms with E-state index in [1.54, 1.807) is 6.08 Å². The van der Waals surface area contributed by atoms with Gasteiger partial charge in [-0.2, -0.15) is 0 Å². The third-order valence-electron chi connectivity index (χ3n) is 13.6. The fourth-order valence-electron chi connectivity index (χ4n) is 9.11. The van der Waals surface area contributed by atoms with E-state index < -0.39 is 86.8 Å². The van der Waals surface area contributed by atoms with Crippen LogP contribution in [-0.2, 0) is 23.7 Å². The minimum atomic E-state index is -1.79. The molecule has 14 nitrogen and oxygen atoms in total. The van der Waals surface area contributed by atoms with Gasteiger partial charge in [0.05, 0.1) is 32.0 Å². The highest BCUT2D eigenvalue weighted by molar-refractivity contribution is 5.76. The number of hydrogen-bond donors (Lipinski definition) is 9. The molecule has 9 N–H and O–H groups in total. The molecule has 0 radical (unpaired) electrons. The molecule has 14 heteroatoms. The fraction of sp³-hybridized carbons (Fsp3) is 0.907. The highest BCUT2D eigenvalue weighted by Gasteiger charge is 2.51. The highest BCUT2D eigenvalue weighted by atomic mass is 16.7. The van der Waals surface area contributed by atoms with E-state index in [1.165, 1.54) is 154 Å². The molecule has 0 aliphatic carbocycles. The van der Waals surface area contributed by atoms with Crippen LogP contribution in [0.4, 0.5) is 0 Å². The zero-order valence-electron chi connectivity index (χ0n) is 42.6. The molecule has 2 rings (SSSR count). The summed E-state index contributed by atoms with van der Waals surface area (Å²) in [5.74, 6) is -0.240. The molecule has 0 aromatic carbocycles. The van der Waals surface area contributed by atoms with Crippen molar-refractivity contribution in [3.05, 3.63) is 24.3 Å². The molecule has 2 fully saturated rings. The van der Waals surface area contributed by atoms with E-state index in [-0.39, 0.29) is 18.9 Å². The molecule has 68 heavy (non-hydrogen) atoms. The van der Waals surface area contributed by atoms with Crippen LogP contribution in [0.1, 0.15) is 219 Å². The van der Waals surface area contributed by atoms with Crippen molar-refractivity contribution in [3.8, 4) is 0 Å². The zero-order valence-corrected chi connectivity index (χ0v) is 42.6. The number of hydrogen-bond acceptors (Lipinski definition) is 13. The van der Waals surface area contributed by atoms with Crippen LogP contribution in [0.3, 0.4) is 0 Å². The molecule has 400 valence electrons. The third kappa shape index (κ3) is 27.3. The van der Waals surface area contributed by atoms with Gasteiger partial charge in [0.25, 0.3) is 0 Å². The number of carbonyl (C=O) groups excluding carboxylic acids is 1. The summed E-state index contributed by atoms with van der Waals surface area (Å²) in [5.41, 5.74) is 0. The minimum Gasteiger partial charge on any atom is -0.394 e. The van der Waals surface area contributed by atoms with Crippen molar-refractivity contribution >= 4 is 5.91 Å². The summed E-state index contributed by atoms with van der Waals surface area (Å²) >= 11 is 0. The van der Waals surface area contributed by atoms with E-state index in [1.807, 2.05) is 6.08 Å². The van der Waals surface area contributed by atoms with Crippen molar-refractivity contribution < 1.29 is 64.6 Å². The average molecular weight is 972 g/mol. The third-order valence-corrected chi connectivity index (χ3v) is 13.6. The Morgan fingerprint density at radius 1 is 0.515 bits per heavy atom. The van der Waals surface area contributed by atoms with E-state index >= 15 is 0 Å². The Morgan fingerprint density at radius 2 is 0.926 bits per heavy atom. The van der Waals surface area contributed by atoms with Gasteiger partial charge in [0.15, 0.2) is 12.6 Å². The first-order chi connectivity index (χ1) is 33.1. The molecule has 0 saturated carbocycles. The molecule has 2 aliphatic heterocycles. The topological polar surface area (TPSA) is 228 Å². The maximum atomic E-state index is 13.2. The van der Waals surface area contributed by atoms with Crippen LogP contribution in [0.25, 0.3) is 0 Å². The standard InChI is InChI=1S/C54H101NO13/c1-3-5-7-9-11-13-15-17-18-19-20-21-22-23-24-26-28-30-32-34-36-38-46(59)55-42(43(58)37-35-33-31-29-27-25-16-14-12-10-8-6-4-2)41-65-53-51(64)49(62)52(45(40-57)67-53)68-54-50(63)48(61)47(60)44(39-56)66-54/h17-18,35,37,42-45,47-54,56-58,60-64H,3-16,19-34,36,38-41H2,1-2H3,(H,55,59)/b18-17+,37-35+. The summed E-state index contributed by atoms with van der Waals surface area (Å²) in [5, 5.41) is 86.8. The lowest BCUT2D eigenvalue weighted by Gasteiger charge is -2.46. The second-order valence-electron chi connectivity index (χ2n) is 19.7. The van der Waals surface area contributed by atoms with Crippen LogP contribution in [0.5, 0.6) is 0 Å². The van der Waals surface area contributed by atoms with Gasteiger partial charge in [0.1, 0.15) is 48.8 Å². The first-order valence-electron chi connectivity index (χ1n) is 27.6. The lowest BCUT2D eigenvalue weighted by molar-refractivity contribution is -0.359. The molecule has 0 spiro atoms. The molecule has 2 saturated heterocycles. The van der Waals surface area contributed by atoms with Crippen LogP contribution >= 0.6 is 0 Å². The summed E-state index contributed by atoms with van der Waals surface area (Å²) in [7, 11) is 0. The van der Waals surface area contributed by atoms with Gasteiger partial charge >= 0.3 is 0 Å². The second kappa shape index (κ2) is 41.0. The van der Waals surface area contributed by atoms with Crippen molar-refractivity contribution in [2.75, 3.05) is 19.8 Å². The van der Waals surface area contributed by atoms with Crippen molar-refractivity contribution in [2.24, 2.45) is 0 Å². The van der Waals surface area contributed by atoms with E-state index in [0.717, 1.165) is 38.5 Å². The zero-order chi connectivity index (χ0) is 49.6. The number of unbranched alkanes of at least 4 members (excludes halogenated alkanes) is 28. The van der Waals surface area contributed by atoms with Gasteiger partial charge in [-0.05, 0) is 44.9 Å². The minimum absolute atomic E-state index is 0.240. The smallest absolute Gasteiger partial charge is 0.220 e. The Balaban J connectivity index is 1.78. The first kappa shape index (κ1) is 62.6. The SMILES string of the molecule is CCCCCCCC/C=C/CCCCCCCCCCCCCC(=O)NC(COC1OC(CO)C(OC2OC(CO)C(O)C(O)C2O)C(O)C1O)C(O)/C=C/CCCCCCCCCCCCC. The van der Waals surface area contributed by atoms with Crippen molar-refractivity contribution in [3.63, 3.8) is 0 Å². The van der Waals surface area contributed by atoms with Gasteiger partial charge in [-0.15, -0.1) is 0 Å². The number of carbonyl (C=O) groups is 1. The van der Waals surface area contributed by atoms with Gasteiger partial charge in [-0.1, -0.05) is 192 Å². The highest BCUT2D eigenvalue weighted by Crippen LogP contribution is 2.30. The second-order valence-corrected chi connectivity index (χ2v) is 19.7. The quantitative estimate of drug-likeness (QED) is 0.0208. The molecule has 2 aliphatic rings. The van der Waals surface area contributed by atoms with Crippen molar-refractivity contribution in [2.45, 2.75) is 293 Å². The molecule has 2 heterocycles. The lowest BCUT2D eigenvalue weighted by atomic mass is 9.97. The van der Waals surface area contributed by atoms with E-state index in [4.69, 9.17) is 18.9 Å². The molecule has 0 bridgehead atoms. The molecule has 0 aromatic heterocycles. The van der Waals surface area contributed by atoms with Gasteiger partial charge in [0.2, 0.25) is 5.91 Å². The van der Waals surface area contributed by atoms with E-state index in [2.05, 4.69) is 31.3 Å². The molecule has 12 atom stereocenters. The van der Waals surface area contributed by atoms with Crippen LogP contribution in [-0.4, -0.2) is 140 Å². The maximum absolute atomic E-state index is 13.2. The normalized spacial score (nSPS) is 26.5. The molecular formula is C54H101NO13. The van der Waals surface area contributed by atoms with Gasteiger partial charge in [-0.3, -0.25) is 4.79 Å². The van der Waals surface area contributed by atoms with Crippen LogP contribution in [0.15, 0.2) is 24.3 Å². The first-order valence-corrected chi connectivity index (χ1v) is 27.6. The number of rotatable bonds is 43. The molecule has 12 unspecified atom stereocenters. The van der Waals surface area contributed by atoms with Crippen molar-refractivity contribution in [1.29, 1.82) is 0 Å². The Hall–Kier alpha value is -1.53. The van der Waals surface area contributed by atoms with Gasteiger partial charge in [0, 0.05) is 6.42 Å². The van der Waals surface area contributed by atoms with Gasteiger partial charge < -0.3 is 65.1 Å². The molecule has 0 aromatic rings. The summed E-state index contributed by atoms with van der Waals surface area (Å²) in [6.45, 7) is 2.79. The number of aliphatic hydroxyl groups is 8. The van der Waals surface area contributed by atoms with E-state index in [9.17, 15) is 45.6 Å². The summed E-state index contributed by atoms with van der Waals surface area (Å²) in [6, 6.07) is -0.911. The Kier molecular flexibility index (Phi) is 37.7. The monoisotopic (exact) mass is 972 g/mol. The predicted octanol–water partition coefficient (Wildman–Crippen LogP) is 8.11. The van der Waals surface area contributed by atoms with E-state index in [0.29, 0.717) is 6.42 Å². The number of nitrogens with one attached hydrogen (secondary N) is 1. The number of ether oxygens (including phenoxy) is 4. The summed E-state index contributed by atoms with van der Waals surface area (Å²) in [4.78, 5) is 13.2. The number of aliphatic hydroxyl groups excluding tert-OH is 8. The van der Waals surface area contributed by atoms with Crippen molar-refractivity contribution in [1.82, 2.24) is 5.32 Å². The number of amides is 1. The Morgan fingerprint density at radius 3 is 1.40 bits per heavy atom. The molecular weight excluding hydrogens is 871 g/mol. The molecule has 1 amide bonds. The van der Waals surface area contributed by atoms with Crippen LogP contribution in [0, 0.1) is 0 Å². The fourth-order valence-corrected chi connectivity index (χ4v) is 9.11. The Labute approximate surface area is 411 Å². The van der Waals surface area contributed by atoms with Crippen LogP contribution in [0.2, 0.25) is 0 Å². The summed E-state index contributed by atoms with van der Waals surface area (Å²) in [6.07, 6.45) is 29.3. The maximum Gasteiger partial charge on any atom is 0.220 e.